The van der Waals surface area contributed by atoms with Gasteiger partial charge in [0.2, 0.25) is 0 Å². The predicted molar refractivity (Wildman–Crippen MR) is 72.9 cm³/mol. The minimum Gasteiger partial charge on any atom is -0.379 e. The van der Waals surface area contributed by atoms with Crippen molar-refractivity contribution in [2.75, 3.05) is 46.0 Å². The van der Waals surface area contributed by atoms with E-state index in [4.69, 9.17) is 9.47 Å². The van der Waals surface area contributed by atoms with Gasteiger partial charge >= 0.3 is 0 Å². The summed E-state index contributed by atoms with van der Waals surface area (Å²) in [6.45, 7) is 11.6. The lowest BCUT2D eigenvalue weighted by molar-refractivity contribution is -0.0628. The molecule has 0 amide bonds. The maximum atomic E-state index is 5.73. The van der Waals surface area contributed by atoms with Crippen LogP contribution in [-0.2, 0) is 9.47 Å². The zero-order valence-corrected chi connectivity index (χ0v) is 11.9. The van der Waals surface area contributed by atoms with Crippen LogP contribution in [0.3, 0.4) is 0 Å². The Morgan fingerprint density at radius 2 is 2.00 bits per heavy atom. The zero-order chi connectivity index (χ0) is 12.8. The molecule has 2 rings (SSSR count). The highest BCUT2D eigenvalue weighted by Crippen LogP contribution is 2.23. The molecule has 0 saturated carbocycles. The number of ether oxygens (including phenoxy) is 2. The third kappa shape index (κ3) is 4.84. The van der Waals surface area contributed by atoms with Crippen molar-refractivity contribution >= 4 is 0 Å². The average Bonchev–Trinajstić information content (AvgIpc) is 2.35. The van der Waals surface area contributed by atoms with Crippen LogP contribution in [0.2, 0.25) is 0 Å². The van der Waals surface area contributed by atoms with Gasteiger partial charge in [0.1, 0.15) is 0 Å². The van der Waals surface area contributed by atoms with E-state index in [1.165, 1.54) is 13.0 Å². The first kappa shape index (κ1) is 14.3. The van der Waals surface area contributed by atoms with Crippen molar-refractivity contribution in [3.8, 4) is 0 Å². The summed E-state index contributed by atoms with van der Waals surface area (Å²) >= 11 is 0. The zero-order valence-electron chi connectivity index (χ0n) is 11.9. The molecular weight excluding hydrogens is 228 g/mol. The Kier molecular flexibility index (Phi) is 5.42. The van der Waals surface area contributed by atoms with Crippen LogP contribution in [0.15, 0.2) is 0 Å². The molecular formula is C14H28N2O2. The van der Waals surface area contributed by atoms with Gasteiger partial charge in [0, 0.05) is 25.7 Å². The average molecular weight is 256 g/mol. The van der Waals surface area contributed by atoms with Crippen molar-refractivity contribution in [3.05, 3.63) is 0 Å². The van der Waals surface area contributed by atoms with E-state index < -0.39 is 0 Å². The topological polar surface area (TPSA) is 33.7 Å². The van der Waals surface area contributed by atoms with Crippen LogP contribution >= 0.6 is 0 Å². The largest absolute Gasteiger partial charge is 0.379 e. The molecule has 2 fully saturated rings. The fourth-order valence-corrected chi connectivity index (χ4v) is 2.84. The second-order valence-corrected chi connectivity index (χ2v) is 6.06. The number of rotatable bonds is 5. The van der Waals surface area contributed by atoms with E-state index in [1.54, 1.807) is 0 Å². The van der Waals surface area contributed by atoms with Crippen LogP contribution in [0.5, 0.6) is 0 Å². The molecule has 0 bridgehead atoms. The highest BCUT2D eigenvalue weighted by atomic mass is 16.5. The molecule has 2 saturated heterocycles. The summed E-state index contributed by atoms with van der Waals surface area (Å²) in [5.74, 6) is 0. The van der Waals surface area contributed by atoms with Gasteiger partial charge in [-0.05, 0) is 46.2 Å². The Hall–Kier alpha value is -0.160. The molecule has 2 aliphatic rings. The summed E-state index contributed by atoms with van der Waals surface area (Å²) in [6, 6.07) is 0.637. The van der Waals surface area contributed by atoms with Gasteiger partial charge in [-0.1, -0.05) is 0 Å². The molecule has 18 heavy (non-hydrogen) atoms. The molecule has 1 unspecified atom stereocenters. The van der Waals surface area contributed by atoms with Gasteiger partial charge in [0.05, 0.1) is 18.8 Å². The van der Waals surface area contributed by atoms with Gasteiger partial charge in [-0.15, -0.1) is 0 Å². The minimum absolute atomic E-state index is 0.0557. The standard InChI is InChI=1S/C14H28N2O2/c1-14(2)12-13(4-9-18-14)15-5-3-6-16-7-10-17-11-8-16/h13,15H,3-12H2,1-2H3. The van der Waals surface area contributed by atoms with E-state index in [1.807, 2.05) is 0 Å². The fraction of sp³-hybridized carbons (Fsp3) is 1.00. The normalized spacial score (nSPS) is 29.3. The van der Waals surface area contributed by atoms with E-state index in [9.17, 15) is 0 Å². The Morgan fingerprint density at radius 3 is 2.72 bits per heavy atom. The molecule has 2 heterocycles. The van der Waals surface area contributed by atoms with Gasteiger partial charge in [-0.25, -0.2) is 0 Å². The molecule has 0 aromatic carbocycles. The second kappa shape index (κ2) is 6.85. The predicted octanol–water partition coefficient (Wildman–Crippen LogP) is 1.26. The summed E-state index contributed by atoms with van der Waals surface area (Å²) in [5.41, 5.74) is 0.0557. The number of hydrogen-bond donors (Lipinski definition) is 1. The van der Waals surface area contributed by atoms with Crippen LogP contribution in [0.1, 0.15) is 33.1 Å². The van der Waals surface area contributed by atoms with E-state index in [-0.39, 0.29) is 5.60 Å². The molecule has 2 aliphatic heterocycles. The lowest BCUT2D eigenvalue weighted by Crippen LogP contribution is -2.44. The smallest absolute Gasteiger partial charge is 0.0641 e. The van der Waals surface area contributed by atoms with Gasteiger partial charge in [0.15, 0.2) is 0 Å². The van der Waals surface area contributed by atoms with E-state index in [0.717, 1.165) is 52.3 Å². The Bertz CT molecular complexity index is 240. The molecule has 0 radical (unpaired) electrons. The van der Waals surface area contributed by atoms with Crippen molar-refractivity contribution in [2.45, 2.75) is 44.8 Å². The Balaban J connectivity index is 1.54. The van der Waals surface area contributed by atoms with Crippen LogP contribution < -0.4 is 5.32 Å². The number of hydrogen-bond acceptors (Lipinski definition) is 4. The van der Waals surface area contributed by atoms with Crippen molar-refractivity contribution in [1.29, 1.82) is 0 Å². The highest BCUT2D eigenvalue weighted by molar-refractivity contribution is 4.82. The Labute approximate surface area is 111 Å². The first-order valence-electron chi connectivity index (χ1n) is 7.33. The van der Waals surface area contributed by atoms with E-state index in [0.29, 0.717) is 6.04 Å². The molecule has 0 spiro atoms. The lowest BCUT2D eigenvalue weighted by Gasteiger charge is -2.36. The summed E-state index contributed by atoms with van der Waals surface area (Å²) in [6.07, 6.45) is 3.52. The number of nitrogens with one attached hydrogen (secondary N) is 1. The van der Waals surface area contributed by atoms with Gasteiger partial charge in [0.25, 0.3) is 0 Å². The Morgan fingerprint density at radius 1 is 1.22 bits per heavy atom. The van der Waals surface area contributed by atoms with Crippen LogP contribution in [0.4, 0.5) is 0 Å². The monoisotopic (exact) mass is 256 g/mol. The number of nitrogens with zero attached hydrogens (tertiary/aromatic N) is 1. The second-order valence-electron chi connectivity index (χ2n) is 6.06. The minimum atomic E-state index is 0.0557. The molecule has 4 nitrogen and oxygen atoms in total. The molecule has 106 valence electrons. The first-order chi connectivity index (χ1) is 8.66. The lowest BCUT2D eigenvalue weighted by atomic mass is 9.94. The van der Waals surface area contributed by atoms with Crippen molar-refractivity contribution in [1.82, 2.24) is 10.2 Å². The summed E-state index contributed by atoms with van der Waals surface area (Å²) < 4.78 is 11.1. The van der Waals surface area contributed by atoms with E-state index in [2.05, 4.69) is 24.1 Å². The molecule has 0 aliphatic carbocycles. The van der Waals surface area contributed by atoms with Gasteiger partial charge in [-0.3, -0.25) is 4.90 Å². The van der Waals surface area contributed by atoms with Crippen molar-refractivity contribution < 1.29 is 9.47 Å². The third-order valence-electron chi connectivity index (χ3n) is 3.88. The van der Waals surface area contributed by atoms with Gasteiger partial charge < -0.3 is 14.8 Å². The van der Waals surface area contributed by atoms with Gasteiger partial charge in [-0.2, -0.15) is 0 Å². The molecule has 1 atom stereocenters. The number of morpholine rings is 1. The maximum absolute atomic E-state index is 5.73. The maximum Gasteiger partial charge on any atom is 0.0641 e. The summed E-state index contributed by atoms with van der Waals surface area (Å²) in [4.78, 5) is 2.50. The van der Waals surface area contributed by atoms with Crippen LogP contribution in [-0.4, -0.2) is 62.5 Å². The fourth-order valence-electron chi connectivity index (χ4n) is 2.84. The van der Waals surface area contributed by atoms with Crippen molar-refractivity contribution in [2.24, 2.45) is 0 Å². The molecule has 0 aromatic rings. The third-order valence-corrected chi connectivity index (χ3v) is 3.88. The first-order valence-corrected chi connectivity index (χ1v) is 7.33. The SMILES string of the molecule is CC1(C)CC(NCCCN2CCOCC2)CCO1. The van der Waals surface area contributed by atoms with Crippen LogP contribution in [0.25, 0.3) is 0 Å². The molecule has 0 aromatic heterocycles. The molecule has 1 N–H and O–H groups in total. The summed E-state index contributed by atoms with van der Waals surface area (Å²) in [7, 11) is 0. The van der Waals surface area contributed by atoms with E-state index >= 15 is 0 Å². The highest BCUT2D eigenvalue weighted by Gasteiger charge is 2.28. The molecule has 4 heteroatoms. The van der Waals surface area contributed by atoms with Crippen molar-refractivity contribution in [3.63, 3.8) is 0 Å². The van der Waals surface area contributed by atoms with Crippen LogP contribution in [0, 0.1) is 0 Å². The summed E-state index contributed by atoms with van der Waals surface area (Å²) in [5, 5.41) is 3.68. The quantitative estimate of drug-likeness (QED) is 0.751.